The van der Waals surface area contributed by atoms with E-state index in [0.29, 0.717) is 16.7 Å². The minimum atomic E-state index is -0.619. The number of fused-ring (bicyclic) bond motifs is 5. The van der Waals surface area contributed by atoms with Crippen molar-refractivity contribution in [2.24, 2.45) is 39.9 Å². The van der Waals surface area contributed by atoms with Crippen LogP contribution in [0.4, 0.5) is 0 Å². The molecule has 0 aromatic heterocycles. The van der Waals surface area contributed by atoms with Crippen LogP contribution in [0.1, 0.15) is 86.5 Å². The van der Waals surface area contributed by atoms with Gasteiger partial charge in [-0.1, -0.05) is 34.1 Å². The van der Waals surface area contributed by atoms with E-state index in [1.165, 1.54) is 39.5 Å². The van der Waals surface area contributed by atoms with Crippen LogP contribution in [0, 0.1) is 39.9 Å². The van der Waals surface area contributed by atoms with Gasteiger partial charge in [-0.3, -0.25) is 9.59 Å². The Kier molecular flexibility index (Phi) is 5.08. The molecule has 4 fully saturated rings. The summed E-state index contributed by atoms with van der Waals surface area (Å²) < 4.78 is 17.3. The van der Waals surface area contributed by atoms with Gasteiger partial charge < -0.3 is 14.2 Å². The predicted molar refractivity (Wildman–Crippen MR) is 108 cm³/mol. The fraction of sp³-hybridized carbons (Fsp3) is 0.917. The zero-order valence-corrected chi connectivity index (χ0v) is 19.0. The van der Waals surface area contributed by atoms with Gasteiger partial charge in [0, 0.05) is 25.7 Å². The van der Waals surface area contributed by atoms with E-state index in [-0.39, 0.29) is 29.2 Å². The van der Waals surface area contributed by atoms with E-state index in [4.69, 9.17) is 14.2 Å². The van der Waals surface area contributed by atoms with Crippen molar-refractivity contribution < 1.29 is 23.8 Å². The van der Waals surface area contributed by atoms with Crippen molar-refractivity contribution in [3.63, 3.8) is 0 Å². The summed E-state index contributed by atoms with van der Waals surface area (Å²) in [6, 6.07) is 0. The standard InChI is InChI=1S/C24H38O5/c1-14(25)27-20-16-8-9-18-23(5)12-7-11-22(3,4)17(23)10-13-24(18,6)19(16)21(29-20)28-15(2)26/h16-21H,7-13H2,1-6H3/t16-,17+,18-,19+,20-,21+,23+,24-/m1/s1. The molecule has 1 heterocycles. The molecule has 0 spiro atoms. The quantitative estimate of drug-likeness (QED) is 0.599. The molecule has 3 aliphatic carbocycles. The SMILES string of the molecule is CC(=O)O[C@@H]1O[C@H](OC(C)=O)[C@@H]2[C@H]1CC[C@H]1[C@@]2(C)CC[C@H]2C(C)(C)CCC[C@]12C. The van der Waals surface area contributed by atoms with E-state index in [0.717, 1.165) is 25.2 Å². The zero-order valence-electron chi connectivity index (χ0n) is 19.0. The number of esters is 2. The highest BCUT2D eigenvalue weighted by Crippen LogP contribution is 2.70. The van der Waals surface area contributed by atoms with Crippen molar-refractivity contribution in [2.75, 3.05) is 0 Å². The molecule has 1 saturated heterocycles. The third kappa shape index (κ3) is 3.23. The summed E-state index contributed by atoms with van der Waals surface area (Å²) in [5.74, 6) is 0.818. The molecule has 0 aromatic carbocycles. The van der Waals surface area contributed by atoms with E-state index in [1.54, 1.807) is 0 Å². The van der Waals surface area contributed by atoms with Gasteiger partial charge in [0.25, 0.3) is 0 Å². The molecule has 164 valence electrons. The Morgan fingerprint density at radius 2 is 1.45 bits per heavy atom. The Balaban J connectivity index is 1.70. The summed E-state index contributed by atoms with van der Waals surface area (Å²) in [7, 11) is 0. The van der Waals surface area contributed by atoms with Gasteiger partial charge in [-0.2, -0.15) is 0 Å². The largest absolute Gasteiger partial charge is 0.435 e. The lowest BCUT2D eigenvalue weighted by molar-refractivity contribution is -0.224. The van der Waals surface area contributed by atoms with Gasteiger partial charge in [-0.25, -0.2) is 0 Å². The monoisotopic (exact) mass is 406 g/mol. The summed E-state index contributed by atoms with van der Waals surface area (Å²) in [4.78, 5) is 23.5. The van der Waals surface area contributed by atoms with Crippen LogP contribution >= 0.6 is 0 Å². The first-order chi connectivity index (χ1) is 13.5. The summed E-state index contributed by atoms with van der Waals surface area (Å²) in [6.07, 6.45) is 7.10. The molecule has 0 amide bonds. The predicted octanol–water partition coefficient (Wildman–Crippen LogP) is 5.07. The normalized spacial score (nSPS) is 48.1. The highest BCUT2D eigenvalue weighted by atomic mass is 16.8. The summed E-state index contributed by atoms with van der Waals surface area (Å²) in [5.41, 5.74) is 0.712. The Morgan fingerprint density at radius 3 is 2.10 bits per heavy atom. The minimum Gasteiger partial charge on any atom is -0.435 e. The smallest absolute Gasteiger partial charge is 0.304 e. The summed E-state index contributed by atoms with van der Waals surface area (Å²) in [5, 5.41) is 0. The lowest BCUT2D eigenvalue weighted by Gasteiger charge is -2.66. The second-order valence-electron chi connectivity index (χ2n) is 11.4. The molecule has 0 N–H and O–H groups in total. The molecule has 0 unspecified atom stereocenters. The highest BCUT2D eigenvalue weighted by molar-refractivity contribution is 5.66. The van der Waals surface area contributed by atoms with Crippen molar-refractivity contribution in [1.29, 1.82) is 0 Å². The van der Waals surface area contributed by atoms with E-state index >= 15 is 0 Å². The molecule has 29 heavy (non-hydrogen) atoms. The van der Waals surface area contributed by atoms with E-state index < -0.39 is 12.6 Å². The Bertz CT molecular complexity index is 687. The van der Waals surface area contributed by atoms with Crippen LogP contribution < -0.4 is 0 Å². The number of carbonyl (C=O) groups excluding carboxylic acids is 2. The molecule has 5 nitrogen and oxygen atoms in total. The second kappa shape index (κ2) is 6.96. The average Bonchev–Trinajstić information content (AvgIpc) is 2.90. The summed E-state index contributed by atoms with van der Waals surface area (Å²) >= 11 is 0. The Hall–Kier alpha value is -1.10. The molecule has 0 radical (unpaired) electrons. The molecular formula is C24H38O5. The van der Waals surface area contributed by atoms with Gasteiger partial charge >= 0.3 is 11.9 Å². The van der Waals surface area contributed by atoms with Gasteiger partial charge in [-0.15, -0.1) is 0 Å². The van der Waals surface area contributed by atoms with Crippen molar-refractivity contribution in [2.45, 2.75) is 99.1 Å². The van der Waals surface area contributed by atoms with Gasteiger partial charge in [0.1, 0.15) is 0 Å². The van der Waals surface area contributed by atoms with Crippen LogP contribution in [0.5, 0.6) is 0 Å². The maximum atomic E-state index is 11.8. The maximum absolute atomic E-state index is 11.8. The number of hydrogen-bond acceptors (Lipinski definition) is 5. The Morgan fingerprint density at radius 1 is 0.793 bits per heavy atom. The molecule has 5 heteroatoms. The lowest BCUT2D eigenvalue weighted by Crippen LogP contribution is -2.60. The van der Waals surface area contributed by atoms with Crippen LogP contribution in [0.15, 0.2) is 0 Å². The second-order valence-corrected chi connectivity index (χ2v) is 11.4. The maximum Gasteiger partial charge on any atom is 0.304 e. The fourth-order valence-corrected chi connectivity index (χ4v) is 8.45. The molecule has 4 rings (SSSR count). The fourth-order valence-electron chi connectivity index (χ4n) is 8.45. The lowest BCUT2D eigenvalue weighted by atomic mass is 9.39. The van der Waals surface area contributed by atoms with Crippen molar-refractivity contribution in [3.05, 3.63) is 0 Å². The van der Waals surface area contributed by atoms with E-state index in [1.807, 2.05) is 0 Å². The minimum absolute atomic E-state index is 0.0244. The first kappa shape index (κ1) is 21.1. The number of rotatable bonds is 2. The topological polar surface area (TPSA) is 61.8 Å². The van der Waals surface area contributed by atoms with E-state index in [9.17, 15) is 9.59 Å². The van der Waals surface area contributed by atoms with Crippen molar-refractivity contribution in [3.8, 4) is 0 Å². The van der Waals surface area contributed by atoms with Crippen LogP contribution in [-0.2, 0) is 23.8 Å². The third-order valence-electron chi connectivity index (χ3n) is 9.33. The molecular weight excluding hydrogens is 368 g/mol. The van der Waals surface area contributed by atoms with Crippen LogP contribution in [-0.4, -0.2) is 24.5 Å². The molecule has 0 aromatic rings. The van der Waals surface area contributed by atoms with Crippen molar-refractivity contribution >= 4 is 11.9 Å². The average molecular weight is 407 g/mol. The van der Waals surface area contributed by atoms with Gasteiger partial charge in [-0.05, 0) is 66.6 Å². The van der Waals surface area contributed by atoms with Crippen molar-refractivity contribution in [1.82, 2.24) is 0 Å². The number of ether oxygens (including phenoxy) is 3. The Labute approximate surface area is 175 Å². The third-order valence-corrected chi connectivity index (χ3v) is 9.33. The molecule has 0 bridgehead atoms. The molecule has 8 atom stereocenters. The molecule has 4 aliphatic rings. The summed E-state index contributed by atoms with van der Waals surface area (Å²) in [6.45, 7) is 12.7. The first-order valence-electron chi connectivity index (χ1n) is 11.5. The van der Waals surface area contributed by atoms with Crippen LogP contribution in [0.25, 0.3) is 0 Å². The highest BCUT2D eigenvalue weighted by Gasteiger charge is 2.67. The van der Waals surface area contributed by atoms with E-state index in [2.05, 4.69) is 27.7 Å². The van der Waals surface area contributed by atoms with Gasteiger partial charge in [0.05, 0.1) is 0 Å². The van der Waals surface area contributed by atoms with Crippen LogP contribution in [0.3, 0.4) is 0 Å². The number of carbonyl (C=O) groups is 2. The molecule has 1 aliphatic heterocycles. The first-order valence-corrected chi connectivity index (χ1v) is 11.5. The zero-order chi connectivity index (χ0) is 21.2. The van der Waals surface area contributed by atoms with Crippen LogP contribution in [0.2, 0.25) is 0 Å². The number of hydrogen-bond donors (Lipinski definition) is 0. The van der Waals surface area contributed by atoms with Gasteiger partial charge in [0.15, 0.2) is 0 Å². The van der Waals surface area contributed by atoms with Gasteiger partial charge in [0.2, 0.25) is 12.6 Å². The molecule has 3 saturated carbocycles.